The maximum absolute atomic E-state index is 10.0. The van der Waals surface area contributed by atoms with Gasteiger partial charge >= 0.3 is 0 Å². The van der Waals surface area contributed by atoms with Gasteiger partial charge in [0.05, 0.1) is 20.7 Å². The molecule has 0 bridgehead atoms. The van der Waals surface area contributed by atoms with E-state index in [1.165, 1.54) is 11.8 Å². The minimum absolute atomic E-state index is 0.0914. The molecular formula is C10H16N2O5S. The smallest absolute Gasteiger partial charge is 0.217 e. The van der Waals surface area contributed by atoms with Gasteiger partial charge in [0.2, 0.25) is 10.4 Å². The third-order valence-corrected chi connectivity index (χ3v) is 2.34. The van der Waals surface area contributed by atoms with E-state index < -0.39 is 10.4 Å². The first-order chi connectivity index (χ1) is 8.30. The van der Waals surface area contributed by atoms with Crippen molar-refractivity contribution in [2.24, 2.45) is 5.18 Å². The van der Waals surface area contributed by atoms with Gasteiger partial charge in [-0.05, 0) is 24.2 Å². The van der Waals surface area contributed by atoms with Crippen LogP contribution in [0.4, 0.5) is 11.4 Å². The molecule has 0 aliphatic heterocycles. The van der Waals surface area contributed by atoms with E-state index in [4.69, 9.17) is 0 Å². The highest BCUT2D eigenvalue weighted by atomic mass is 32.3. The zero-order chi connectivity index (χ0) is 14.2. The monoisotopic (exact) mass is 276 g/mol. The summed E-state index contributed by atoms with van der Waals surface area (Å²) >= 11 is 0. The highest BCUT2D eigenvalue weighted by molar-refractivity contribution is 7.80. The summed E-state index contributed by atoms with van der Waals surface area (Å²) in [5.41, 5.74) is 1.63. The number of nitroso groups, excluding NO2 is 1. The maximum Gasteiger partial charge on any atom is 0.217 e. The van der Waals surface area contributed by atoms with Crippen LogP contribution in [0.15, 0.2) is 29.4 Å². The van der Waals surface area contributed by atoms with Gasteiger partial charge in [-0.2, -0.15) is 0 Å². The highest BCUT2D eigenvalue weighted by Gasteiger charge is 1.98. The quantitative estimate of drug-likeness (QED) is 0.485. The lowest BCUT2D eigenvalue weighted by atomic mass is 10.3. The first-order valence-corrected chi connectivity index (χ1v) is 6.47. The Morgan fingerprint density at radius 3 is 2.00 bits per heavy atom. The topological polar surface area (TPSA) is 100 Å². The number of hydrogen-bond acceptors (Lipinski definition) is 6. The second kappa shape index (κ2) is 7.88. The third-order valence-electron chi connectivity index (χ3n) is 1.81. The standard InChI is InChI=1S/C8H10N2O.C2H6O4S/c1-10(2)8-5-3-7(9-11)4-6-8;1-2-6-7(3,4)5/h3-6H,1-2H3;2H2,1H3,(H,3,4,5). The molecule has 0 aliphatic rings. The van der Waals surface area contributed by atoms with E-state index in [1.807, 2.05) is 26.2 Å². The molecule has 0 amide bonds. The molecule has 18 heavy (non-hydrogen) atoms. The van der Waals surface area contributed by atoms with Crippen LogP contribution in [0, 0.1) is 4.91 Å². The second-order valence-electron chi connectivity index (χ2n) is 3.45. The van der Waals surface area contributed by atoms with Crippen LogP contribution in [0.25, 0.3) is 0 Å². The molecule has 0 fully saturated rings. The molecule has 8 heteroatoms. The van der Waals surface area contributed by atoms with Gasteiger partial charge in [-0.1, -0.05) is 0 Å². The second-order valence-corrected chi connectivity index (χ2v) is 4.51. The molecule has 0 heterocycles. The first kappa shape index (κ1) is 16.6. The van der Waals surface area contributed by atoms with Gasteiger partial charge in [-0.3, -0.25) is 4.18 Å². The van der Waals surface area contributed by atoms with Gasteiger partial charge in [-0.15, -0.1) is 4.91 Å². The van der Waals surface area contributed by atoms with Crippen LogP contribution < -0.4 is 4.90 Å². The van der Waals surface area contributed by atoms with E-state index in [-0.39, 0.29) is 6.61 Å². The molecule has 7 nitrogen and oxygen atoms in total. The summed E-state index contributed by atoms with van der Waals surface area (Å²) in [5, 5.41) is 2.81. The van der Waals surface area contributed by atoms with Crippen molar-refractivity contribution >= 4 is 21.8 Å². The van der Waals surface area contributed by atoms with E-state index in [9.17, 15) is 17.9 Å². The van der Waals surface area contributed by atoms with E-state index in [1.54, 1.807) is 12.1 Å². The lowest BCUT2D eigenvalue weighted by molar-refractivity contribution is -0.786. The Hall–Kier alpha value is -1.35. The van der Waals surface area contributed by atoms with Crippen molar-refractivity contribution in [2.75, 3.05) is 20.7 Å². The molecule has 1 rings (SSSR count). The Bertz CT molecular complexity index is 456. The number of nitrogens with zero attached hydrogens (tertiary/aromatic N) is 1. The predicted octanol–water partition coefficient (Wildman–Crippen LogP) is 0.344. The van der Waals surface area contributed by atoms with Gasteiger partial charge in [-0.25, -0.2) is 8.42 Å². The summed E-state index contributed by atoms with van der Waals surface area (Å²) in [4.78, 5) is 11.3. The molecule has 0 saturated carbocycles. The Kier molecular flexibility index (Phi) is 7.29. The van der Waals surface area contributed by atoms with Gasteiger partial charge < -0.3 is 9.45 Å². The summed E-state index contributed by atoms with van der Waals surface area (Å²) in [6.45, 7) is 1.33. The van der Waals surface area contributed by atoms with Crippen molar-refractivity contribution in [2.45, 2.75) is 6.92 Å². The summed E-state index contributed by atoms with van der Waals surface area (Å²) < 4.78 is 32.0. The van der Waals surface area contributed by atoms with E-state index in [2.05, 4.69) is 9.36 Å². The molecular weight excluding hydrogens is 260 g/mol. The fourth-order valence-corrected chi connectivity index (χ4v) is 1.29. The SMILES string of the molecule is CCOS(=O)(=O)[O-].C[NH+](C)c1ccc(N=O)cc1. The summed E-state index contributed by atoms with van der Waals surface area (Å²) in [7, 11) is -0.362. The lowest BCUT2D eigenvalue weighted by Gasteiger charge is -2.04. The van der Waals surface area contributed by atoms with Gasteiger partial charge in [0.1, 0.15) is 11.4 Å². The zero-order valence-corrected chi connectivity index (χ0v) is 11.2. The largest absolute Gasteiger partial charge is 0.726 e. The van der Waals surface area contributed by atoms with Crippen LogP contribution in [0.3, 0.4) is 0 Å². The van der Waals surface area contributed by atoms with Crippen LogP contribution in [0.2, 0.25) is 0 Å². The molecule has 1 aromatic carbocycles. The predicted molar refractivity (Wildman–Crippen MR) is 65.7 cm³/mol. The van der Waals surface area contributed by atoms with Crippen LogP contribution in [-0.2, 0) is 14.6 Å². The molecule has 0 aliphatic carbocycles. The van der Waals surface area contributed by atoms with Gasteiger partial charge in [0.15, 0.2) is 0 Å². The average Bonchev–Trinajstić information content (AvgIpc) is 2.28. The van der Waals surface area contributed by atoms with Crippen LogP contribution in [-0.4, -0.2) is 33.7 Å². The molecule has 1 aromatic rings. The molecule has 0 radical (unpaired) electrons. The third kappa shape index (κ3) is 7.85. The van der Waals surface area contributed by atoms with Crippen LogP contribution >= 0.6 is 0 Å². The van der Waals surface area contributed by atoms with Crippen LogP contribution in [0.1, 0.15) is 6.92 Å². The average molecular weight is 276 g/mol. The van der Waals surface area contributed by atoms with Crippen molar-refractivity contribution in [3.05, 3.63) is 29.2 Å². The van der Waals surface area contributed by atoms with Crippen LogP contribution in [0.5, 0.6) is 0 Å². The van der Waals surface area contributed by atoms with Gasteiger partial charge in [0.25, 0.3) is 0 Å². The Balaban J connectivity index is 0.000000360. The molecule has 0 aromatic heterocycles. The molecule has 0 atom stereocenters. The van der Waals surface area contributed by atoms with E-state index in [0.717, 1.165) is 5.69 Å². The zero-order valence-electron chi connectivity index (χ0n) is 10.4. The fraction of sp³-hybridized carbons (Fsp3) is 0.400. The Morgan fingerprint density at radius 1 is 1.28 bits per heavy atom. The maximum atomic E-state index is 10.0. The minimum atomic E-state index is -4.42. The molecule has 0 saturated heterocycles. The Morgan fingerprint density at radius 2 is 1.78 bits per heavy atom. The van der Waals surface area contributed by atoms with Crippen molar-refractivity contribution < 1.29 is 22.1 Å². The number of nitrogens with one attached hydrogen (secondary N) is 1. The normalized spacial score (nSPS) is 10.7. The van der Waals surface area contributed by atoms with Crippen molar-refractivity contribution in [3.63, 3.8) is 0 Å². The molecule has 0 unspecified atom stereocenters. The van der Waals surface area contributed by atoms with E-state index >= 15 is 0 Å². The molecule has 0 spiro atoms. The summed E-state index contributed by atoms with van der Waals surface area (Å²) in [6.07, 6.45) is 0. The minimum Gasteiger partial charge on any atom is -0.726 e. The van der Waals surface area contributed by atoms with E-state index in [0.29, 0.717) is 5.69 Å². The van der Waals surface area contributed by atoms with Crippen molar-refractivity contribution in [1.82, 2.24) is 0 Å². The summed E-state index contributed by atoms with van der Waals surface area (Å²) in [5.74, 6) is 0. The first-order valence-electron chi connectivity index (χ1n) is 5.14. The fourth-order valence-electron chi connectivity index (χ4n) is 1.000. The number of hydrogen-bond donors (Lipinski definition) is 1. The number of benzene rings is 1. The number of quaternary nitrogens is 1. The summed E-state index contributed by atoms with van der Waals surface area (Å²) in [6, 6.07) is 7.22. The van der Waals surface area contributed by atoms with Gasteiger partial charge in [0, 0.05) is 12.1 Å². The molecule has 1 N–H and O–H groups in total. The number of rotatable bonds is 4. The lowest BCUT2D eigenvalue weighted by Crippen LogP contribution is -3.00. The van der Waals surface area contributed by atoms with Crippen molar-refractivity contribution in [3.8, 4) is 0 Å². The van der Waals surface area contributed by atoms with Crippen molar-refractivity contribution in [1.29, 1.82) is 0 Å². The highest BCUT2D eigenvalue weighted by Crippen LogP contribution is 2.12. The Labute approximate surface area is 106 Å². The molecule has 102 valence electrons.